The predicted molar refractivity (Wildman–Crippen MR) is 51.2 cm³/mol. The topological polar surface area (TPSA) is 99.1 Å². The molecule has 1 atom stereocenters. The van der Waals surface area contributed by atoms with Crippen molar-refractivity contribution in [3.8, 4) is 6.07 Å². The molecule has 1 rings (SSSR count). The third kappa shape index (κ3) is 3.67. The van der Waals surface area contributed by atoms with E-state index >= 15 is 0 Å². The van der Waals surface area contributed by atoms with E-state index in [9.17, 15) is 9.90 Å². The fraction of sp³-hybridized carbons (Fsp3) is 0.556. The summed E-state index contributed by atoms with van der Waals surface area (Å²) in [5.74, 6) is -1.32. The maximum atomic E-state index is 10.4. The van der Waals surface area contributed by atoms with E-state index in [0.29, 0.717) is 13.0 Å². The van der Waals surface area contributed by atoms with Gasteiger partial charge in [0, 0.05) is 0 Å². The summed E-state index contributed by atoms with van der Waals surface area (Å²) in [7, 11) is 1.97. The van der Waals surface area contributed by atoms with Crippen molar-refractivity contribution < 1.29 is 14.8 Å². The van der Waals surface area contributed by atoms with Crippen molar-refractivity contribution in [1.29, 1.82) is 5.26 Å². The van der Waals surface area contributed by atoms with Crippen molar-refractivity contribution in [2.24, 2.45) is 0 Å². The summed E-state index contributed by atoms with van der Waals surface area (Å²) in [6.45, 7) is 2.09. The third-order valence-corrected chi connectivity index (χ3v) is 2.18. The number of carboxylic acid groups (broad SMARTS) is 1. The van der Waals surface area contributed by atoms with Gasteiger partial charge in [-0.1, -0.05) is 5.21 Å². The number of hydrogen-bond acceptors (Lipinski definition) is 5. The number of nitrogens with one attached hydrogen (secondary N) is 1. The summed E-state index contributed by atoms with van der Waals surface area (Å²) in [5, 5.41) is 25.9. The zero-order valence-corrected chi connectivity index (χ0v) is 9.01. The van der Waals surface area contributed by atoms with Crippen molar-refractivity contribution in [2.75, 3.05) is 20.1 Å². The first kappa shape index (κ1) is 12.1. The molecule has 0 saturated heterocycles. The maximum absolute atomic E-state index is 10.4. The monoisotopic (exact) mass is 223 g/mol. The zero-order valence-electron chi connectivity index (χ0n) is 9.01. The van der Waals surface area contributed by atoms with Crippen molar-refractivity contribution in [2.45, 2.75) is 13.0 Å². The van der Waals surface area contributed by atoms with Crippen LogP contribution in [0.25, 0.3) is 0 Å². The van der Waals surface area contributed by atoms with Gasteiger partial charge in [-0.25, -0.2) is 4.68 Å². The van der Waals surface area contributed by atoms with Crippen LogP contribution in [0.3, 0.4) is 0 Å². The quantitative estimate of drug-likeness (QED) is 0.556. The number of hydrogen-bond donors (Lipinski definition) is 1. The second-order valence-electron chi connectivity index (χ2n) is 3.52. The highest BCUT2D eigenvalue weighted by Crippen LogP contribution is 1.89. The minimum Gasteiger partial charge on any atom is -0.543 e. The average Bonchev–Trinajstić information content (AvgIpc) is 2.72. The molecule has 0 spiro atoms. The van der Waals surface area contributed by atoms with Gasteiger partial charge in [0.1, 0.15) is 5.69 Å². The van der Waals surface area contributed by atoms with Crippen LogP contribution in [0.2, 0.25) is 0 Å². The molecule has 1 heterocycles. The van der Waals surface area contributed by atoms with Gasteiger partial charge in [-0.3, -0.25) is 0 Å². The molecule has 0 amide bonds. The Hall–Kier alpha value is -1.94. The number of quaternary nitrogens is 1. The summed E-state index contributed by atoms with van der Waals surface area (Å²) >= 11 is 0. The van der Waals surface area contributed by atoms with Crippen LogP contribution in [0.1, 0.15) is 16.9 Å². The minimum atomic E-state index is -1.32. The van der Waals surface area contributed by atoms with Gasteiger partial charge in [0.05, 0.1) is 51.3 Å². The highest BCUT2D eigenvalue weighted by molar-refractivity contribution is 5.82. The van der Waals surface area contributed by atoms with Gasteiger partial charge in [-0.15, -0.1) is 5.10 Å². The standard InChI is InChI=1S/C9H13N5O2/c1-13(4-2-3-10)5-6-14-7-8(9(15)16)11-12-14/h7H,2,4-6H2,1H3,(H,15,16). The maximum Gasteiger partial charge on any atom is 0.128 e. The zero-order chi connectivity index (χ0) is 12.0. The van der Waals surface area contributed by atoms with Gasteiger partial charge in [0.2, 0.25) is 0 Å². The van der Waals surface area contributed by atoms with E-state index in [1.165, 1.54) is 15.8 Å². The molecule has 0 radical (unpaired) electrons. The SMILES string of the molecule is C[NH+](CCC#N)CCn1cc(C(=O)[O-])nn1. The van der Waals surface area contributed by atoms with E-state index in [1.54, 1.807) is 0 Å². The lowest BCUT2D eigenvalue weighted by molar-refractivity contribution is -0.879. The second-order valence-corrected chi connectivity index (χ2v) is 3.52. The molecule has 0 aliphatic heterocycles. The Morgan fingerprint density at radius 3 is 3.00 bits per heavy atom. The summed E-state index contributed by atoms with van der Waals surface area (Å²) in [6, 6.07) is 2.07. The number of aromatic nitrogens is 3. The van der Waals surface area contributed by atoms with Crippen LogP contribution in [0.15, 0.2) is 6.20 Å². The van der Waals surface area contributed by atoms with Crippen LogP contribution in [0, 0.1) is 11.3 Å². The Kier molecular flexibility index (Phi) is 4.42. The predicted octanol–water partition coefficient (Wildman–Crippen LogP) is -2.93. The number of carbonyl (C=O) groups excluding carboxylic acids is 1. The number of nitrogens with zero attached hydrogens (tertiary/aromatic N) is 4. The Balaban J connectivity index is 2.37. The highest BCUT2D eigenvalue weighted by atomic mass is 16.4. The molecule has 16 heavy (non-hydrogen) atoms. The van der Waals surface area contributed by atoms with Crippen LogP contribution in [0.4, 0.5) is 0 Å². The van der Waals surface area contributed by atoms with E-state index in [2.05, 4.69) is 16.4 Å². The first-order valence-electron chi connectivity index (χ1n) is 4.93. The van der Waals surface area contributed by atoms with Crippen LogP contribution in [-0.2, 0) is 6.54 Å². The van der Waals surface area contributed by atoms with E-state index in [-0.39, 0.29) is 5.69 Å². The summed E-state index contributed by atoms with van der Waals surface area (Å²) in [5.41, 5.74) is -0.158. The Morgan fingerprint density at radius 2 is 2.44 bits per heavy atom. The number of carbonyl (C=O) groups is 1. The lowest BCUT2D eigenvalue weighted by atomic mass is 10.4. The molecule has 0 aromatic carbocycles. The van der Waals surface area contributed by atoms with Gasteiger partial charge in [-0.2, -0.15) is 5.26 Å². The Morgan fingerprint density at radius 1 is 1.69 bits per heavy atom. The summed E-state index contributed by atoms with van der Waals surface area (Å²) < 4.78 is 1.46. The highest BCUT2D eigenvalue weighted by Gasteiger charge is 2.04. The number of rotatable bonds is 6. The average molecular weight is 223 g/mol. The Bertz CT molecular complexity index is 395. The molecule has 0 saturated carbocycles. The molecular weight excluding hydrogens is 210 g/mol. The molecule has 7 heteroatoms. The molecule has 0 aliphatic rings. The molecule has 1 aromatic heterocycles. The molecule has 0 aliphatic carbocycles. The fourth-order valence-corrected chi connectivity index (χ4v) is 1.20. The molecule has 7 nitrogen and oxygen atoms in total. The number of carboxylic acids is 1. The molecule has 1 unspecified atom stereocenters. The fourth-order valence-electron chi connectivity index (χ4n) is 1.20. The van der Waals surface area contributed by atoms with E-state index in [0.717, 1.165) is 13.1 Å². The van der Waals surface area contributed by atoms with Crippen LogP contribution in [-0.4, -0.2) is 41.1 Å². The molecule has 86 valence electrons. The van der Waals surface area contributed by atoms with E-state index < -0.39 is 5.97 Å². The summed E-state index contributed by atoms with van der Waals surface area (Å²) in [6.07, 6.45) is 1.85. The smallest absolute Gasteiger partial charge is 0.128 e. The number of nitriles is 1. The molecule has 0 bridgehead atoms. The van der Waals surface area contributed by atoms with Gasteiger partial charge in [0.15, 0.2) is 0 Å². The Labute approximate surface area is 92.9 Å². The van der Waals surface area contributed by atoms with Crippen LogP contribution >= 0.6 is 0 Å². The number of likely N-dealkylation sites (N-methyl/N-ethyl adjacent to an activating group) is 1. The minimum absolute atomic E-state index is 0.158. The lowest BCUT2D eigenvalue weighted by Gasteiger charge is -2.11. The van der Waals surface area contributed by atoms with E-state index in [4.69, 9.17) is 5.26 Å². The van der Waals surface area contributed by atoms with Crippen molar-refractivity contribution in [1.82, 2.24) is 15.0 Å². The molecular formula is C9H13N5O2. The van der Waals surface area contributed by atoms with Crippen LogP contribution in [0.5, 0.6) is 0 Å². The van der Waals surface area contributed by atoms with Crippen molar-refractivity contribution in [3.05, 3.63) is 11.9 Å². The molecule has 0 fully saturated rings. The number of aromatic carboxylic acids is 1. The second kappa shape index (κ2) is 5.82. The van der Waals surface area contributed by atoms with Crippen LogP contribution < -0.4 is 10.0 Å². The van der Waals surface area contributed by atoms with Crippen molar-refractivity contribution in [3.63, 3.8) is 0 Å². The van der Waals surface area contributed by atoms with Crippen molar-refractivity contribution >= 4 is 5.97 Å². The normalized spacial score (nSPS) is 12.0. The third-order valence-electron chi connectivity index (χ3n) is 2.18. The molecule has 1 aromatic rings. The first-order chi connectivity index (χ1) is 7.63. The van der Waals surface area contributed by atoms with Gasteiger partial charge < -0.3 is 14.8 Å². The van der Waals surface area contributed by atoms with Gasteiger partial charge in [0.25, 0.3) is 0 Å². The first-order valence-corrected chi connectivity index (χ1v) is 4.93. The largest absolute Gasteiger partial charge is 0.543 e. The molecule has 1 N–H and O–H groups in total. The van der Waals surface area contributed by atoms with E-state index in [1.807, 2.05) is 7.05 Å². The van der Waals surface area contributed by atoms with Gasteiger partial charge in [-0.05, 0) is 0 Å². The van der Waals surface area contributed by atoms with Gasteiger partial charge >= 0.3 is 0 Å². The summed E-state index contributed by atoms with van der Waals surface area (Å²) in [4.78, 5) is 11.6. The lowest BCUT2D eigenvalue weighted by Crippen LogP contribution is -3.09.